The van der Waals surface area contributed by atoms with E-state index >= 15 is 0 Å². The van der Waals surface area contributed by atoms with Crippen molar-refractivity contribution >= 4 is 5.78 Å². The smallest absolute Gasteiger partial charge is 0.166 e. The molecule has 2 unspecified atom stereocenters. The van der Waals surface area contributed by atoms with Gasteiger partial charge in [-0.1, -0.05) is 26.2 Å². The second-order valence-electron chi connectivity index (χ2n) is 5.05. The molecular formula is C15H18F2O. The molecule has 0 N–H and O–H groups in total. The molecular weight excluding hydrogens is 234 g/mol. The van der Waals surface area contributed by atoms with E-state index in [1.807, 2.05) is 0 Å². The number of Topliss-reactive ketones (excluding diaryl/α,β-unsaturated/α-hetero) is 1. The lowest BCUT2D eigenvalue weighted by Gasteiger charge is -2.29. The minimum absolute atomic E-state index is 0.0198. The highest BCUT2D eigenvalue weighted by Crippen LogP contribution is 2.34. The zero-order chi connectivity index (χ0) is 13.1. The van der Waals surface area contributed by atoms with E-state index in [2.05, 4.69) is 6.92 Å². The predicted molar refractivity (Wildman–Crippen MR) is 66.4 cm³/mol. The first-order valence-electron chi connectivity index (χ1n) is 6.62. The molecule has 1 aromatic carbocycles. The second kappa shape index (κ2) is 5.59. The largest absolute Gasteiger partial charge is 0.294 e. The molecule has 0 heterocycles. The molecule has 0 aliphatic heterocycles. The van der Waals surface area contributed by atoms with Gasteiger partial charge in [-0.25, -0.2) is 8.78 Å². The zero-order valence-electron chi connectivity index (χ0n) is 10.6. The first kappa shape index (κ1) is 13.2. The Bertz CT molecular complexity index is 442. The first-order valence-corrected chi connectivity index (χ1v) is 6.62. The van der Waals surface area contributed by atoms with Crippen molar-refractivity contribution in [1.82, 2.24) is 0 Å². The van der Waals surface area contributed by atoms with Gasteiger partial charge in [-0.3, -0.25) is 4.79 Å². The molecule has 3 heteroatoms. The minimum atomic E-state index is -0.940. The Morgan fingerprint density at radius 2 is 1.94 bits per heavy atom. The van der Waals surface area contributed by atoms with Crippen LogP contribution in [0.25, 0.3) is 0 Å². The highest BCUT2D eigenvalue weighted by Gasteiger charge is 2.30. The van der Waals surface area contributed by atoms with Gasteiger partial charge in [0.25, 0.3) is 0 Å². The molecule has 0 spiro atoms. The van der Waals surface area contributed by atoms with Gasteiger partial charge < -0.3 is 0 Å². The van der Waals surface area contributed by atoms with Gasteiger partial charge >= 0.3 is 0 Å². The summed E-state index contributed by atoms with van der Waals surface area (Å²) in [5.41, 5.74) is 0.305. The normalized spacial score (nSPS) is 23.9. The van der Waals surface area contributed by atoms with E-state index in [0.29, 0.717) is 11.5 Å². The van der Waals surface area contributed by atoms with Crippen LogP contribution in [0.5, 0.6) is 0 Å². The molecule has 0 bridgehead atoms. The Kier molecular flexibility index (Phi) is 4.10. The monoisotopic (exact) mass is 252 g/mol. The summed E-state index contributed by atoms with van der Waals surface area (Å²) in [6, 6.07) is 3.45. The van der Waals surface area contributed by atoms with Crippen LogP contribution < -0.4 is 0 Å². The molecule has 1 saturated carbocycles. The number of halogens is 2. The Labute approximate surface area is 106 Å². The SMILES string of the molecule is CCC1CCCCC1C(=O)c1ccc(F)c(F)c1. The van der Waals surface area contributed by atoms with Crippen LogP contribution in [0, 0.1) is 23.5 Å². The van der Waals surface area contributed by atoms with Crippen LogP contribution in [0.4, 0.5) is 8.78 Å². The van der Waals surface area contributed by atoms with Crippen molar-refractivity contribution < 1.29 is 13.6 Å². The molecule has 1 aliphatic rings. The number of rotatable bonds is 3. The number of ketones is 1. The molecule has 1 aromatic rings. The summed E-state index contributed by atoms with van der Waals surface area (Å²) < 4.78 is 26.0. The topological polar surface area (TPSA) is 17.1 Å². The van der Waals surface area contributed by atoms with Crippen LogP contribution in [0.3, 0.4) is 0 Å². The average Bonchev–Trinajstić information content (AvgIpc) is 2.41. The van der Waals surface area contributed by atoms with Gasteiger partial charge in [-0.15, -0.1) is 0 Å². The van der Waals surface area contributed by atoms with Gasteiger partial charge in [0.1, 0.15) is 0 Å². The molecule has 0 amide bonds. The summed E-state index contributed by atoms with van der Waals surface area (Å²) in [4.78, 5) is 12.3. The number of hydrogen-bond acceptors (Lipinski definition) is 1. The molecule has 0 saturated heterocycles. The van der Waals surface area contributed by atoms with E-state index < -0.39 is 11.6 Å². The van der Waals surface area contributed by atoms with Gasteiger partial charge in [0, 0.05) is 11.5 Å². The maximum absolute atomic E-state index is 13.2. The van der Waals surface area contributed by atoms with Crippen molar-refractivity contribution in [2.24, 2.45) is 11.8 Å². The van der Waals surface area contributed by atoms with E-state index in [4.69, 9.17) is 0 Å². The first-order chi connectivity index (χ1) is 8.63. The second-order valence-corrected chi connectivity index (χ2v) is 5.05. The quantitative estimate of drug-likeness (QED) is 0.730. The van der Waals surface area contributed by atoms with Crippen molar-refractivity contribution in [1.29, 1.82) is 0 Å². The lowest BCUT2D eigenvalue weighted by molar-refractivity contribution is 0.0819. The molecule has 0 aromatic heterocycles. The number of benzene rings is 1. The molecule has 18 heavy (non-hydrogen) atoms. The summed E-state index contributed by atoms with van der Waals surface area (Å²) in [6.45, 7) is 2.08. The van der Waals surface area contributed by atoms with Crippen molar-refractivity contribution in [3.63, 3.8) is 0 Å². The average molecular weight is 252 g/mol. The number of carbonyl (C=O) groups excluding carboxylic acids is 1. The van der Waals surface area contributed by atoms with Crippen molar-refractivity contribution in [2.45, 2.75) is 39.0 Å². The molecule has 1 nitrogen and oxygen atoms in total. The molecule has 2 atom stereocenters. The third-order valence-corrected chi connectivity index (χ3v) is 3.97. The lowest BCUT2D eigenvalue weighted by Crippen LogP contribution is -2.27. The third-order valence-electron chi connectivity index (χ3n) is 3.97. The van der Waals surface area contributed by atoms with Gasteiger partial charge in [0.15, 0.2) is 17.4 Å². The highest BCUT2D eigenvalue weighted by molar-refractivity contribution is 5.98. The summed E-state index contributed by atoms with van der Waals surface area (Å²) in [5, 5.41) is 0. The van der Waals surface area contributed by atoms with Gasteiger partial charge in [0.2, 0.25) is 0 Å². The lowest BCUT2D eigenvalue weighted by atomic mass is 9.74. The Morgan fingerprint density at radius 3 is 2.61 bits per heavy atom. The van der Waals surface area contributed by atoms with Crippen LogP contribution in [0.2, 0.25) is 0 Å². The highest BCUT2D eigenvalue weighted by atomic mass is 19.2. The third kappa shape index (κ3) is 2.60. The summed E-state index contributed by atoms with van der Waals surface area (Å²) in [5.74, 6) is -1.50. The fourth-order valence-corrected chi connectivity index (χ4v) is 2.90. The van der Waals surface area contributed by atoms with Crippen molar-refractivity contribution in [3.8, 4) is 0 Å². The zero-order valence-corrected chi connectivity index (χ0v) is 10.6. The van der Waals surface area contributed by atoms with Crippen LogP contribution in [0.1, 0.15) is 49.4 Å². The van der Waals surface area contributed by atoms with E-state index in [9.17, 15) is 13.6 Å². The van der Waals surface area contributed by atoms with Crippen molar-refractivity contribution in [3.05, 3.63) is 35.4 Å². The van der Waals surface area contributed by atoms with E-state index in [-0.39, 0.29) is 11.7 Å². The molecule has 0 radical (unpaired) electrons. The van der Waals surface area contributed by atoms with Crippen LogP contribution in [-0.4, -0.2) is 5.78 Å². The minimum Gasteiger partial charge on any atom is -0.294 e. The fourth-order valence-electron chi connectivity index (χ4n) is 2.90. The van der Waals surface area contributed by atoms with Gasteiger partial charge in [0.05, 0.1) is 0 Å². The molecule has 1 fully saturated rings. The van der Waals surface area contributed by atoms with Crippen LogP contribution in [0.15, 0.2) is 18.2 Å². The summed E-state index contributed by atoms with van der Waals surface area (Å²) in [7, 11) is 0. The standard InChI is InChI=1S/C15H18F2O/c1-2-10-5-3-4-6-12(10)15(18)11-7-8-13(16)14(17)9-11/h7-10,12H,2-6H2,1H3. The fraction of sp³-hybridized carbons (Fsp3) is 0.533. The van der Waals surface area contributed by atoms with Gasteiger partial charge in [-0.05, 0) is 37.0 Å². The van der Waals surface area contributed by atoms with E-state index in [0.717, 1.165) is 37.8 Å². The molecule has 2 rings (SSSR count). The summed E-state index contributed by atoms with van der Waals surface area (Å²) in [6.07, 6.45) is 5.13. The van der Waals surface area contributed by atoms with Crippen molar-refractivity contribution in [2.75, 3.05) is 0 Å². The van der Waals surface area contributed by atoms with E-state index in [1.165, 1.54) is 12.5 Å². The van der Waals surface area contributed by atoms with Crippen LogP contribution >= 0.6 is 0 Å². The van der Waals surface area contributed by atoms with Crippen LogP contribution in [-0.2, 0) is 0 Å². The number of hydrogen-bond donors (Lipinski definition) is 0. The molecule has 1 aliphatic carbocycles. The molecule has 98 valence electrons. The van der Waals surface area contributed by atoms with Gasteiger partial charge in [-0.2, -0.15) is 0 Å². The summed E-state index contributed by atoms with van der Waals surface area (Å²) >= 11 is 0. The van der Waals surface area contributed by atoms with E-state index in [1.54, 1.807) is 0 Å². The maximum Gasteiger partial charge on any atom is 0.166 e. The Hall–Kier alpha value is -1.25. The maximum atomic E-state index is 13.2. The Balaban J connectivity index is 2.21. The predicted octanol–water partition coefficient (Wildman–Crippen LogP) is 4.36. The number of carbonyl (C=O) groups is 1. The Morgan fingerprint density at radius 1 is 1.22 bits per heavy atom.